The summed E-state index contributed by atoms with van der Waals surface area (Å²) in [5.41, 5.74) is 2.23. The minimum Gasteiger partial charge on any atom is -0.489 e. The van der Waals surface area contributed by atoms with Crippen LogP contribution in [-0.4, -0.2) is 39.7 Å². The van der Waals surface area contributed by atoms with E-state index in [9.17, 15) is 4.79 Å². The minimum absolute atomic E-state index is 0.267. The maximum Gasteiger partial charge on any atom is 0.317 e. The van der Waals surface area contributed by atoms with Gasteiger partial charge in [0.25, 0.3) is 0 Å². The van der Waals surface area contributed by atoms with Gasteiger partial charge in [-0.1, -0.05) is 61.2 Å². The Balaban J connectivity index is 1.91. The number of rotatable bonds is 7. The molecule has 1 aromatic heterocycles. The monoisotopic (exact) mass is 402 g/mol. The first-order chi connectivity index (χ1) is 14.7. The Kier molecular flexibility index (Phi) is 5.70. The van der Waals surface area contributed by atoms with Gasteiger partial charge in [-0.25, -0.2) is 9.67 Å². The van der Waals surface area contributed by atoms with Gasteiger partial charge in [-0.3, -0.25) is 4.79 Å². The molecule has 2 heterocycles. The summed E-state index contributed by atoms with van der Waals surface area (Å²) < 4.78 is 13.0. The summed E-state index contributed by atoms with van der Waals surface area (Å²) in [6.45, 7) is 6.12. The van der Waals surface area contributed by atoms with Gasteiger partial charge in [-0.15, -0.1) is 0 Å². The fourth-order valence-electron chi connectivity index (χ4n) is 3.63. The van der Waals surface area contributed by atoms with E-state index in [4.69, 9.17) is 9.47 Å². The second-order valence-electron chi connectivity index (χ2n) is 6.68. The lowest BCUT2D eigenvalue weighted by Gasteiger charge is -2.31. The van der Waals surface area contributed by atoms with Crippen LogP contribution < -0.4 is 4.74 Å². The van der Waals surface area contributed by atoms with E-state index in [0.29, 0.717) is 24.0 Å². The number of esters is 1. The lowest BCUT2D eigenvalue weighted by Crippen LogP contribution is -2.38. The van der Waals surface area contributed by atoms with Crippen molar-refractivity contribution in [1.29, 1.82) is 0 Å². The molecular weight excluding hydrogens is 380 g/mol. The molecular formula is C23H22N4O3. The molecule has 0 aliphatic carbocycles. The Morgan fingerprint density at radius 1 is 1.17 bits per heavy atom. The maximum atomic E-state index is 13.2. The third-order valence-corrected chi connectivity index (χ3v) is 4.85. The van der Waals surface area contributed by atoms with Crippen LogP contribution in [0.4, 0.5) is 5.95 Å². The summed E-state index contributed by atoms with van der Waals surface area (Å²) in [5.74, 6) is -0.00908. The van der Waals surface area contributed by atoms with Crippen LogP contribution in [0.15, 0.2) is 78.6 Å². The molecule has 0 N–H and O–H groups in total. The van der Waals surface area contributed by atoms with Crippen molar-refractivity contribution in [3.63, 3.8) is 0 Å². The van der Waals surface area contributed by atoms with Gasteiger partial charge in [-0.05, 0) is 18.6 Å². The molecule has 4 rings (SSSR count). The van der Waals surface area contributed by atoms with Crippen LogP contribution in [0.1, 0.15) is 24.1 Å². The Morgan fingerprint density at radius 3 is 2.70 bits per heavy atom. The first kappa shape index (κ1) is 19.6. The Bertz CT molecular complexity index is 1070. The third-order valence-electron chi connectivity index (χ3n) is 4.85. The first-order valence-electron chi connectivity index (χ1n) is 9.77. The molecule has 3 aromatic rings. The van der Waals surface area contributed by atoms with Crippen molar-refractivity contribution < 1.29 is 14.3 Å². The standard InChI is InChI=1S/C23H22N4O3/c1-3-14-30-18-13-9-8-12-17(18)21-19(22(28)29-4-2)20(16-10-6-5-7-11-16)26-23-24-15-25-27(21)23/h3,5-13,15,19,21H,1,4,14H2,2H3. The van der Waals surface area contributed by atoms with Crippen LogP contribution in [0.2, 0.25) is 0 Å². The molecule has 30 heavy (non-hydrogen) atoms. The number of aliphatic imine (C=N–C) groups is 1. The quantitative estimate of drug-likeness (QED) is 0.444. The fraction of sp³-hybridized carbons (Fsp3) is 0.217. The molecule has 0 fully saturated rings. The van der Waals surface area contributed by atoms with Crippen molar-refractivity contribution in [1.82, 2.24) is 14.8 Å². The molecule has 0 saturated heterocycles. The van der Waals surface area contributed by atoms with E-state index < -0.39 is 12.0 Å². The third kappa shape index (κ3) is 3.61. The number of aromatic nitrogens is 3. The van der Waals surface area contributed by atoms with E-state index in [0.717, 1.165) is 11.1 Å². The summed E-state index contributed by atoms with van der Waals surface area (Å²) in [6, 6.07) is 16.7. The lowest BCUT2D eigenvalue weighted by molar-refractivity contribution is -0.146. The lowest BCUT2D eigenvalue weighted by atomic mass is 9.84. The van der Waals surface area contributed by atoms with E-state index in [1.54, 1.807) is 17.7 Å². The smallest absolute Gasteiger partial charge is 0.317 e. The van der Waals surface area contributed by atoms with Gasteiger partial charge < -0.3 is 9.47 Å². The molecule has 7 nitrogen and oxygen atoms in total. The maximum absolute atomic E-state index is 13.2. The Morgan fingerprint density at radius 2 is 1.93 bits per heavy atom. The molecule has 0 radical (unpaired) electrons. The normalized spacial score (nSPS) is 17.6. The largest absolute Gasteiger partial charge is 0.489 e. The molecule has 0 bridgehead atoms. The summed E-state index contributed by atoms with van der Waals surface area (Å²) in [7, 11) is 0. The predicted octanol–water partition coefficient (Wildman–Crippen LogP) is 3.75. The van der Waals surface area contributed by atoms with Crippen LogP contribution in [0.25, 0.3) is 0 Å². The second-order valence-corrected chi connectivity index (χ2v) is 6.68. The van der Waals surface area contributed by atoms with E-state index >= 15 is 0 Å². The molecule has 2 aromatic carbocycles. The number of hydrogen-bond acceptors (Lipinski definition) is 6. The van der Waals surface area contributed by atoms with Crippen LogP contribution in [0.5, 0.6) is 5.75 Å². The zero-order valence-electron chi connectivity index (χ0n) is 16.6. The summed E-state index contributed by atoms with van der Waals surface area (Å²) >= 11 is 0. The Labute approximate surface area is 174 Å². The molecule has 7 heteroatoms. The SMILES string of the molecule is C=CCOc1ccccc1C1C(C(=O)OCC)C(c2ccccc2)=Nc2ncnn21. The van der Waals surface area contributed by atoms with Crippen LogP contribution in [0, 0.1) is 5.92 Å². The van der Waals surface area contributed by atoms with E-state index in [2.05, 4.69) is 21.7 Å². The zero-order valence-corrected chi connectivity index (χ0v) is 16.6. The van der Waals surface area contributed by atoms with Crippen molar-refractivity contribution in [2.45, 2.75) is 13.0 Å². The number of carbonyl (C=O) groups excluding carboxylic acids is 1. The molecule has 0 spiro atoms. The van der Waals surface area contributed by atoms with Gasteiger partial charge in [0.05, 0.1) is 12.3 Å². The highest BCUT2D eigenvalue weighted by Gasteiger charge is 2.43. The van der Waals surface area contributed by atoms with E-state index in [1.807, 2.05) is 54.6 Å². The number of benzene rings is 2. The topological polar surface area (TPSA) is 78.6 Å². The highest BCUT2D eigenvalue weighted by molar-refractivity contribution is 6.13. The van der Waals surface area contributed by atoms with Gasteiger partial charge in [0, 0.05) is 5.56 Å². The highest BCUT2D eigenvalue weighted by Crippen LogP contribution is 2.40. The van der Waals surface area contributed by atoms with Crippen molar-refractivity contribution in [3.05, 3.63) is 84.7 Å². The number of ether oxygens (including phenoxy) is 2. The van der Waals surface area contributed by atoms with Crippen LogP contribution in [-0.2, 0) is 9.53 Å². The second kappa shape index (κ2) is 8.73. The summed E-state index contributed by atoms with van der Waals surface area (Å²) in [4.78, 5) is 22.2. The summed E-state index contributed by atoms with van der Waals surface area (Å²) in [6.07, 6.45) is 3.12. The van der Waals surface area contributed by atoms with Gasteiger partial charge in [0.15, 0.2) is 0 Å². The number of carbonyl (C=O) groups is 1. The Hall–Kier alpha value is -3.74. The number of fused-ring (bicyclic) bond motifs is 1. The molecule has 2 atom stereocenters. The number of para-hydroxylation sites is 1. The van der Waals surface area contributed by atoms with E-state index in [1.165, 1.54) is 6.33 Å². The van der Waals surface area contributed by atoms with Gasteiger partial charge in [0.2, 0.25) is 5.95 Å². The van der Waals surface area contributed by atoms with Gasteiger partial charge >= 0.3 is 5.97 Å². The fourth-order valence-corrected chi connectivity index (χ4v) is 3.63. The first-order valence-corrected chi connectivity index (χ1v) is 9.77. The molecule has 152 valence electrons. The zero-order chi connectivity index (χ0) is 20.9. The van der Waals surface area contributed by atoms with Crippen LogP contribution in [0.3, 0.4) is 0 Å². The summed E-state index contributed by atoms with van der Waals surface area (Å²) in [5, 5.41) is 4.37. The number of nitrogens with zero attached hydrogens (tertiary/aromatic N) is 4. The van der Waals surface area contributed by atoms with E-state index in [-0.39, 0.29) is 12.6 Å². The van der Waals surface area contributed by atoms with Crippen molar-refractivity contribution in [3.8, 4) is 5.75 Å². The molecule has 2 unspecified atom stereocenters. The minimum atomic E-state index is -0.713. The predicted molar refractivity (Wildman–Crippen MR) is 113 cm³/mol. The van der Waals surface area contributed by atoms with Gasteiger partial charge in [0.1, 0.15) is 30.6 Å². The van der Waals surface area contributed by atoms with Gasteiger partial charge in [-0.2, -0.15) is 10.1 Å². The van der Waals surface area contributed by atoms with Crippen molar-refractivity contribution >= 4 is 17.6 Å². The molecule has 0 saturated carbocycles. The highest BCUT2D eigenvalue weighted by atomic mass is 16.5. The van der Waals surface area contributed by atoms with Crippen molar-refractivity contribution in [2.75, 3.05) is 13.2 Å². The van der Waals surface area contributed by atoms with Crippen LogP contribution >= 0.6 is 0 Å². The average molecular weight is 402 g/mol. The molecule has 1 aliphatic rings. The molecule has 1 aliphatic heterocycles. The molecule has 0 amide bonds. The van der Waals surface area contributed by atoms with Crippen molar-refractivity contribution in [2.24, 2.45) is 10.9 Å². The number of hydrogen-bond donors (Lipinski definition) is 0. The average Bonchev–Trinajstić information content (AvgIpc) is 3.26.